The highest BCUT2D eigenvalue weighted by Crippen LogP contribution is 2.35. The number of imide groups is 1. The van der Waals surface area contributed by atoms with Gasteiger partial charge < -0.3 is 9.15 Å². The number of benzene rings is 1. The highest BCUT2D eigenvalue weighted by molar-refractivity contribution is 8.18. The van der Waals surface area contributed by atoms with E-state index in [1.807, 2.05) is 20.8 Å². The molecule has 28 heavy (non-hydrogen) atoms. The Labute approximate surface area is 167 Å². The van der Waals surface area contributed by atoms with Gasteiger partial charge in [0.05, 0.1) is 17.6 Å². The van der Waals surface area contributed by atoms with Crippen molar-refractivity contribution in [1.29, 1.82) is 0 Å². The minimum atomic E-state index is -0.396. The molecule has 1 aromatic carbocycles. The van der Waals surface area contributed by atoms with Crippen LogP contribution in [0.25, 0.3) is 17.4 Å². The fraction of sp³-hybridized carbons (Fsp3) is 0.286. The highest BCUT2D eigenvalue weighted by atomic mass is 32.2. The zero-order chi connectivity index (χ0) is 20.4. The molecule has 2 amide bonds. The topological polar surface area (TPSA) is 76.8 Å². The number of aryl methyl sites for hydroxylation is 1. The van der Waals surface area contributed by atoms with Crippen LogP contribution in [0.15, 0.2) is 39.7 Å². The first-order valence-corrected chi connectivity index (χ1v) is 9.73. The maximum atomic E-state index is 12.5. The van der Waals surface area contributed by atoms with Crippen LogP contribution in [0, 0.1) is 6.92 Å². The number of nitrogens with zero attached hydrogens (tertiary/aromatic N) is 1. The number of hydrogen-bond acceptors (Lipinski definition) is 6. The highest BCUT2D eigenvalue weighted by Gasteiger charge is 2.37. The number of furan rings is 1. The van der Waals surface area contributed by atoms with Gasteiger partial charge in [0.15, 0.2) is 0 Å². The zero-order valence-corrected chi connectivity index (χ0v) is 17.0. The van der Waals surface area contributed by atoms with Gasteiger partial charge in [0.2, 0.25) is 0 Å². The van der Waals surface area contributed by atoms with Crippen LogP contribution >= 0.6 is 11.8 Å². The Hall–Kier alpha value is -2.80. The predicted octanol–water partition coefficient (Wildman–Crippen LogP) is 4.88. The van der Waals surface area contributed by atoms with Gasteiger partial charge in [-0.2, -0.15) is 0 Å². The second-order valence-electron chi connectivity index (χ2n) is 6.53. The van der Waals surface area contributed by atoms with E-state index in [2.05, 4.69) is 0 Å². The van der Waals surface area contributed by atoms with Crippen molar-refractivity contribution in [2.75, 3.05) is 7.11 Å². The Morgan fingerprint density at radius 1 is 1.29 bits per heavy atom. The Morgan fingerprint density at radius 3 is 2.68 bits per heavy atom. The summed E-state index contributed by atoms with van der Waals surface area (Å²) in [5.74, 6) is 0.412. The van der Waals surface area contributed by atoms with Crippen molar-refractivity contribution in [1.82, 2.24) is 4.90 Å². The van der Waals surface area contributed by atoms with E-state index in [1.165, 1.54) is 12.0 Å². The maximum Gasteiger partial charge on any atom is 0.337 e. The van der Waals surface area contributed by atoms with E-state index in [0.29, 0.717) is 28.4 Å². The van der Waals surface area contributed by atoms with Gasteiger partial charge in [-0.25, -0.2) is 4.79 Å². The molecule has 0 radical (unpaired) electrons. The van der Waals surface area contributed by atoms with Gasteiger partial charge in [0.25, 0.3) is 11.1 Å². The van der Waals surface area contributed by atoms with Crippen LogP contribution in [0.5, 0.6) is 0 Å². The number of rotatable bonds is 5. The molecule has 1 saturated heterocycles. The monoisotopic (exact) mass is 399 g/mol. The Balaban J connectivity index is 1.85. The molecule has 1 fully saturated rings. The number of thioether (sulfide) groups is 1. The third-order valence-electron chi connectivity index (χ3n) is 4.67. The van der Waals surface area contributed by atoms with Gasteiger partial charge in [-0.3, -0.25) is 14.5 Å². The molecule has 0 N–H and O–H groups in total. The van der Waals surface area contributed by atoms with Crippen molar-refractivity contribution in [2.24, 2.45) is 0 Å². The molecule has 1 aliphatic rings. The quantitative estimate of drug-likeness (QED) is 0.527. The molecule has 1 aliphatic heterocycles. The lowest BCUT2D eigenvalue weighted by atomic mass is 10.0. The molecule has 1 aromatic heterocycles. The predicted molar refractivity (Wildman–Crippen MR) is 108 cm³/mol. The zero-order valence-electron chi connectivity index (χ0n) is 16.1. The second-order valence-corrected chi connectivity index (χ2v) is 7.53. The average molecular weight is 399 g/mol. The van der Waals surface area contributed by atoms with E-state index >= 15 is 0 Å². The van der Waals surface area contributed by atoms with Gasteiger partial charge in [0, 0.05) is 17.7 Å². The number of ether oxygens (including phenoxy) is 1. The molecule has 0 saturated carbocycles. The molecular formula is C21H21NO5S. The number of esters is 1. The van der Waals surface area contributed by atoms with Crippen molar-refractivity contribution >= 4 is 35.0 Å². The van der Waals surface area contributed by atoms with E-state index in [-0.39, 0.29) is 17.2 Å². The van der Waals surface area contributed by atoms with Crippen LogP contribution in [0.1, 0.15) is 41.9 Å². The minimum Gasteiger partial charge on any atom is -0.465 e. The molecule has 6 nitrogen and oxygen atoms in total. The lowest BCUT2D eigenvalue weighted by molar-refractivity contribution is -0.124. The molecule has 0 aliphatic carbocycles. The fourth-order valence-corrected chi connectivity index (χ4v) is 3.84. The minimum absolute atomic E-state index is 0.137. The first-order chi connectivity index (χ1) is 13.3. The number of methoxy groups -OCH3 is 1. The summed E-state index contributed by atoms with van der Waals surface area (Å²) in [5, 5.41) is -0.258. The van der Waals surface area contributed by atoms with E-state index in [0.717, 1.165) is 22.9 Å². The number of hydrogen-bond donors (Lipinski definition) is 0. The molecule has 146 valence electrons. The fourth-order valence-electron chi connectivity index (χ4n) is 2.93. The van der Waals surface area contributed by atoms with Crippen LogP contribution in [0.4, 0.5) is 4.79 Å². The summed E-state index contributed by atoms with van der Waals surface area (Å²) in [6, 6.07) is 8.61. The number of carbonyl (C=O) groups excluding carboxylic acids is 3. The molecule has 0 bridgehead atoms. The second kappa shape index (κ2) is 8.06. The SMILES string of the molecule is CC[C@@H](C)N1C(=O)S/C(=C\c2ccc(-c3ccc(C(=O)OC)cc3C)o2)C1=O. The van der Waals surface area contributed by atoms with Gasteiger partial charge >= 0.3 is 5.97 Å². The van der Waals surface area contributed by atoms with Crippen LogP contribution in [-0.2, 0) is 9.53 Å². The Kier molecular flexibility index (Phi) is 5.74. The number of carbonyl (C=O) groups is 3. The first-order valence-electron chi connectivity index (χ1n) is 8.92. The van der Waals surface area contributed by atoms with Crippen molar-refractivity contribution in [3.63, 3.8) is 0 Å². The van der Waals surface area contributed by atoms with Crippen molar-refractivity contribution in [3.05, 3.63) is 52.1 Å². The lowest BCUT2D eigenvalue weighted by Gasteiger charge is -2.19. The van der Waals surface area contributed by atoms with Gasteiger partial charge in [0.1, 0.15) is 11.5 Å². The van der Waals surface area contributed by atoms with Crippen LogP contribution in [0.3, 0.4) is 0 Å². The third kappa shape index (κ3) is 3.75. The Bertz CT molecular complexity index is 975. The van der Waals surface area contributed by atoms with Crippen molar-refractivity contribution < 1.29 is 23.5 Å². The van der Waals surface area contributed by atoms with Crippen molar-refractivity contribution in [2.45, 2.75) is 33.2 Å². The van der Waals surface area contributed by atoms with E-state index < -0.39 is 5.97 Å². The average Bonchev–Trinajstić information content (AvgIpc) is 3.25. The van der Waals surface area contributed by atoms with Gasteiger partial charge in [-0.05, 0) is 61.9 Å². The summed E-state index contributed by atoms with van der Waals surface area (Å²) in [4.78, 5) is 37.9. The maximum absolute atomic E-state index is 12.5. The summed E-state index contributed by atoms with van der Waals surface area (Å²) in [6.07, 6.45) is 2.30. The summed E-state index contributed by atoms with van der Waals surface area (Å²) >= 11 is 0.923. The molecule has 2 aromatic rings. The van der Waals surface area contributed by atoms with E-state index in [1.54, 1.807) is 36.4 Å². The summed E-state index contributed by atoms with van der Waals surface area (Å²) < 4.78 is 10.6. The summed E-state index contributed by atoms with van der Waals surface area (Å²) in [7, 11) is 1.34. The molecular weight excluding hydrogens is 378 g/mol. The molecule has 1 atom stereocenters. The lowest BCUT2D eigenvalue weighted by Crippen LogP contribution is -2.36. The van der Waals surface area contributed by atoms with E-state index in [9.17, 15) is 14.4 Å². The van der Waals surface area contributed by atoms with Crippen LogP contribution in [-0.4, -0.2) is 35.2 Å². The third-order valence-corrected chi connectivity index (χ3v) is 5.55. The van der Waals surface area contributed by atoms with Gasteiger partial charge in [-0.1, -0.05) is 13.0 Å². The summed E-state index contributed by atoms with van der Waals surface area (Å²) in [5.41, 5.74) is 2.16. The molecule has 3 rings (SSSR count). The molecule has 2 heterocycles. The molecule has 0 unspecified atom stereocenters. The Morgan fingerprint density at radius 2 is 2.04 bits per heavy atom. The first kappa shape index (κ1) is 19.9. The molecule has 0 spiro atoms. The van der Waals surface area contributed by atoms with E-state index in [4.69, 9.17) is 9.15 Å². The van der Waals surface area contributed by atoms with Crippen LogP contribution in [0.2, 0.25) is 0 Å². The van der Waals surface area contributed by atoms with Crippen molar-refractivity contribution in [3.8, 4) is 11.3 Å². The number of amides is 2. The largest absolute Gasteiger partial charge is 0.465 e. The normalized spacial score (nSPS) is 16.7. The smallest absolute Gasteiger partial charge is 0.337 e. The van der Waals surface area contributed by atoms with Crippen LogP contribution < -0.4 is 0 Å². The summed E-state index contributed by atoms with van der Waals surface area (Å²) in [6.45, 7) is 5.66. The van der Waals surface area contributed by atoms with Gasteiger partial charge in [-0.15, -0.1) is 0 Å². The molecule has 7 heteroatoms. The standard InChI is InChI=1S/C21H21NO5S/c1-5-13(3)22-19(23)18(28-21(22)25)11-15-7-9-17(27-15)16-8-6-14(10-12(16)2)20(24)26-4/h6-11,13H,5H2,1-4H3/b18-11-/t13-/m1/s1.